The van der Waals surface area contributed by atoms with Gasteiger partial charge in [0.2, 0.25) is 0 Å². The predicted octanol–water partition coefficient (Wildman–Crippen LogP) is 6.76. The van der Waals surface area contributed by atoms with Gasteiger partial charge in [-0.25, -0.2) is 0 Å². The molecule has 2 aromatic carbocycles. The van der Waals surface area contributed by atoms with Gasteiger partial charge in [-0.1, -0.05) is 74.7 Å². The summed E-state index contributed by atoms with van der Waals surface area (Å²) in [6, 6.07) is 16.0. The monoisotopic (exact) mass is 308 g/mol. The number of benzene rings is 2. The summed E-state index contributed by atoms with van der Waals surface area (Å²) in [4.78, 5) is 0. The van der Waals surface area contributed by atoms with Crippen LogP contribution in [0.1, 0.15) is 44.2 Å². The molecular weight excluding hydrogens is 287 g/mol. The molecule has 0 aliphatic heterocycles. The summed E-state index contributed by atoms with van der Waals surface area (Å²) < 4.78 is 0. The third kappa shape index (κ3) is 6.45. The van der Waals surface area contributed by atoms with Crippen molar-refractivity contribution < 1.29 is 0 Å². The molecule has 0 aliphatic carbocycles. The number of halogens is 2. The van der Waals surface area contributed by atoms with Crippen LogP contribution in [0.25, 0.3) is 0 Å². The normalized spacial score (nSPS) is 10.1. The Balaban J connectivity index is 0.000000200. The largest absolute Gasteiger partial charge is 0.0843 e. The van der Waals surface area contributed by atoms with Crippen molar-refractivity contribution in [3.63, 3.8) is 0 Å². The summed E-state index contributed by atoms with van der Waals surface area (Å²) in [5.74, 6) is 0.568. The SMILES string of the molecule is CC(C)c1cccc(Cl)c1.CCCc1ccc(Cl)cc1. The minimum Gasteiger partial charge on any atom is -0.0843 e. The van der Waals surface area contributed by atoms with Crippen LogP contribution in [-0.2, 0) is 6.42 Å². The average molecular weight is 309 g/mol. The van der Waals surface area contributed by atoms with Crippen molar-refractivity contribution in [3.8, 4) is 0 Å². The average Bonchev–Trinajstić information content (AvgIpc) is 2.42. The van der Waals surface area contributed by atoms with Gasteiger partial charge < -0.3 is 0 Å². The molecule has 0 amide bonds. The van der Waals surface area contributed by atoms with Crippen LogP contribution in [0.4, 0.5) is 0 Å². The maximum atomic E-state index is 5.79. The maximum Gasteiger partial charge on any atom is 0.0408 e. The molecule has 0 nitrogen and oxygen atoms in total. The molecule has 0 aromatic heterocycles. The van der Waals surface area contributed by atoms with Crippen molar-refractivity contribution in [2.24, 2.45) is 0 Å². The molecule has 0 atom stereocenters. The second kappa shape index (κ2) is 9.05. The van der Waals surface area contributed by atoms with E-state index in [9.17, 15) is 0 Å². The Morgan fingerprint density at radius 1 is 0.900 bits per heavy atom. The molecule has 108 valence electrons. The van der Waals surface area contributed by atoms with E-state index in [0.29, 0.717) is 5.92 Å². The van der Waals surface area contributed by atoms with Gasteiger partial charge in [0.25, 0.3) is 0 Å². The minimum absolute atomic E-state index is 0.568. The van der Waals surface area contributed by atoms with Crippen molar-refractivity contribution in [2.45, 2.75) is 39.5 Å². The van der Waals surface area contributed by atoms with Crippen molar-refractivity contribution in [3.05, 3.63) is 69.7 Å². The van der Waals surface area contributed by atoms with E-state index < -0.39 is 0 Å². The second-order valence-electron chi connectivity index (χ2n) is 5.09. The van der Waals surface area contributed by atoms with E-state index in [0.717, 1.165) is 16.5 Å². The third-order valence-corrected chi connectivity index (χ3v) is 3.45. The summed E-state index contributed by atoms with van der Waals surface area (Å²) in [5.41, 5.74) is 2.67. The van der Waals surface area contributed by atoms with Gasteiger partial charge >= 0.3 is 0 Å². The zero-order valence-corrected chi connectivity index (χ0v) is 13.9. The molecule has 0 radical (unpaired) electrons. The molecule has 0 saturated carbocycles. The highest BCUT2D eigenvalue weighted by Gasteiger charge is 1.97. The van der Waals surface area contributed by atoms with E-state index in [1.807, 2.05) is 30.3 Å². The first-order valence-corrected chi connectivity index (χ1v) is 7.78. The fourth-order valence-electron chi connectivity index (χ4n) is 1.81. The first kappa shape index (κ1) is 17.1. The maximum absolute atomic E-state index is 5.79. The third-order valence-electron chi connectivity index (χ3n) is 2.97. The Bertz CT molecular complexity index is 501. The van der Waals surface area contributed by atoms with E-state index in [2.05, 4.69) is 39.0 Å². The van der Waals surface area contributed by atoms with Crippen molar-refractivity contribution in [2.75, 3.05) is 0 Å². The molecule has 0 aliphatic rings. The number of hydrogen-bond acceptors (Lipinski definition) is 0. The van der Waals surface area contributed by atoms with Gasteiger partial charge in [0.15, 0.2) is 0 Å². The van der Waals surface area contributed by atoms with E-state index in [1.165, 1.54) is 17.5 Å². The Morgan fingerprint density at radius 2 is 1.55 bits per heavy atom. The van der Waals surface area contributed by atoms with Gasteiger partial charge in [-0.3, -0.25) is 0 Å². The van der Waals surface area contributed by atoms with Gasteiger partial charge in [0.1, 0.15) is 0 Å². The highest BCUT2D eigenvalue weighted by molar-refractivity contribution is 6.30. The van der Waals surface area contributed by atoms with Crippen LogP contribution in [0.15, 0.2) is 48.5 Å². The number of rotatable bonds is 3. The highest BCUT2D eigenvalue weighted by atomic mass is 35.5. The summed E-state index contributed by atoms with van der Waals surface area (Å²) in [6.45, 7) is 6.49. The Morgan fingerprint density at radius 3 is 2.00 bits per heavy atom. The van der Waals surface area contributed by atoms with Gasteiger partial charge in [-0.05, 0) is 47.7 Å². The lowest BCUT2D eigenvalue weighted by atomic mass is 10.0. The van der Waals surface area contributed by atoms with Crippen LogP contribution >= 0.6 is 23.2 Å². The predicted molar refractivity (Wildman–Crippen MR) is 91.0 cm³/mol. The molecule has 2 aromatic rings. The molecule has 0 bridgehead atoms. The Hall–Kier alpha value is -0.980. The van der Waals surface area contributed by atoms with E-state index in [-0.39, 0.29) is 0 Å². The first-order valence-electron chi connectivity index (χ1n) is 7.02. The van der Waals surface area contributed by atoms with Crippen LogP contribution in [0.2, 0.25) is 10.0 Å². The molecule has 0 heterocycles. The molecule has 2 heteroatoms. The molecule has 0 unspecified atom stereocenters. The lowest BCUT2D eigenvalue weighted by Crippen LogP contribution is -1.84. The zero-order valence-electron chi connectivity index (χ0n) is 12.4. The number of hydrogen-bond donors (Lipinski definition) is 0. The first-order chi connectivity index (χ1) is 9.52. The summed E-state index contributed by atoms with van der Waals surface area (Å²) in [5, 5.41) is 1.64. The standard InChI is InChI=1S/2C9H11Cl/c1-7(2)8-4-3-5-9(10)6-8;1-2-3-8-4-6-9(10)7-5-8/h3-7H,1-2H3;4-7H,2-3H2,1H3. The highest BCUT2D eigenvalue weighted by Crippen LogP contribution is 2.17. The smallest absolute Gasteiger partial charge is 0.0408 e. The van der Waals surface area contributed by atoms with E-state index in [4.69, 9.17) is 23.2 Å². The van der Waals surface area contributed by atoms with Gasteiger partial charge in [-0.15, -0.1) is 0 Å². The lowest BCUT2D eigenvalue weighted by Gasteiger charge is -2.03. The summed E-state index contributed by atoms with van der Waals surface area (Å²) in [7, 11) is 0. The number of aryl methyl sites for hydroxylation is 1. The van der Waals surface area contributed by atoms with Crippen LogP contribution in [0, 0.1) is 0 Å². The lowest BCUT2D eigenvalue weighted by molar-refractivity contribution is 0.867. The van der Waals surface area contributed by atoms with E-state index >= 15 is 0 Å². The van der Waals surface area contributed by atoms with Gasteiger partial charge in [0, 0.05) is 10.0 Å². The van der Waals surface area contributed by atoms with Crippen molar-refractivity contribution in [1.82, 2.24) is 0 Å². The van der Waals surface area contributed by atoms with Gasteiger partial charge in [-0.2, -0.15) is 0 Å². The van der Waals surface area contributed by atoms with Crippen molar-refractivity contribution in [1.29, 1.82) is 0 Å². The van der Waals surface area contributed by atoms with Crippen LogP contribution < -0.4 is 0 Å². The van der Waals surface area contributed by atoms with Crippen LogP contribution in [0.5, 0.6) is 0 Å². The molecule has 0 spiro atoms. The molecular formula is C18H22Cl2. The fourth-order valence-corrected chi connectivity index (χ4v) is 2.13. The van der Waals surface area contributed by atoms with E-state index in [1.54, 1.807) is 0 Å². The molecule has 20 heavy (non-hydrogen) atoms. The molecule has 0 N–H and O–H groups in total. The quantitative estimate of drug-likeness (QED) is 0.588. The topological polar surface area (TPSA) is 0 Å². The Labute approximate surface area is 132 Å². The zero-order chi connectivity index (χ0) is 15.0. The molecule has 0 saturated heterocycles. The van der Waals surface area contributed by atoms with Crippen LogP contribution in [-0.4, -0.2) is 0 Å². The fraction of sp³-hybridized carbons (Fsp3) is 0.333. The van der Waals surface area contributed by atoms with Crippen molar-refractivity contribution >= 4 is 23.2 Å². The summed E-state index contributed by atoms with van der Waals surface area (Å²) in [6.07, 6.45) is 2.35. The minimum atomic E-state index is 0.568. The van der Waals surface area contributed by atoms with Crippen LogP contribution in [0.3, 0.4) is 0 Å². The molecule has 0 fully saturated rings. The Kier molecular flexibility index (Phi) is 7.72. The van der Waals surface area contributed by atoms with Gasteiger partial charge in [0.05, 0.1) is 0 Å². The second-order valence-corrected chi connectivity index (χ2v) is 5.96. The summed E-state index contributed by atoms with van der Waals surface area (Å²) >= 11 is 11.5. The molecule has 2 rings (SSSR count).